The van der Waals surface area contributed by atoms with Gasteiger partial charge in [0.05, 0.1) is 0 Å². The standard InChI is InChI=1S/C7H12N2/c1-4-9-5-7(8)6(2)3/h4-5H,1,8H2,2-3H3. The third kappa shape index (κ3) is 3.53. The lowest BCUT2D eigenvalue weighted by Crippen LogP contribution is -1.99. The molecule has 0 saturated carbocycles. The highest BCUT2D eigenvalue weighted by Gasteiger charge is 1.83. The minimum absolute atomic E-state index is 0.704. The van der Waals surface area contributed by atoms with Gasteiger partial charge in [0, 0.05) is 18.1 Å². The average molecular weight is 124 g/mol. The fourth-order valence-electron chi connectivity index (χ4n) is 0.262. The summed E-state index contributed by atoms with van der Waals surface area (Å²) in [7, 11) is 0. The summed E-state index contributed by atoms with van der Waals surface area (Å²) in [6.45, 7) is 7.29. The molecule has 0 bridgehead atoms. The van der Waals surface area contributed by atoms with E-state index in [9.17, 15) is 0 Å². The molecule has 0 aromatic carbocycles. The van der Waals surface area contributed by atoms with Crippen molar-refractivity contribution in [3.8, 4) is 0 Å². The predicted octanol–water partition coefficient (Wildman–Crippen LogP) is 1.45. The van der Waals surface area contributed by atoms with Gasteiger partial charge in [0.2, 0.25) is 0 Å². The summed E-state index contributed by atoms with van der Waals surface area (Å²) in [5, 5.41) is 0. The molecule has 0 radical (unpaired) electrons. The van der Waals surface area contributed by atoms with Crippen LogP contribution < -0.4 is 5.73 Å². The van der Waals surface area contributed by atoms with Gasteiger partial charge in [0.25, 0.3) is 0 Å². The van der Waals surface area contributed by atoms with Gasteiger partial charge in [-0.1, -0.05) is 12.2 Å². The third-order valence-electron chi connectivity index (χ3n) is 0.896. The molecule has 0 heterocycles. The Labute approximate surface area is 55.8 Å². The Bertz CT molecular complexity index is 150. The summed E-state index contributed by atoms with van der Waals surface area (Å²) in [5.41, 5.74) is 7.26. The molecule has 0 unspecified atom stereocenters. The van der Waals surface area contributed by atoms with Crippen molar-refractivity contribution in [2.45, 2.75) is 13.8 Å². The number of rotatable bonds is 2. The molecule has 0 saturated heterocycles. The lowest BCUT2D eigenvalue weighted by Gasteiger charge is -1.91. The SMILES string of the molecule is C=CN=CC(N)=C(C)C. The molecule has 0 aliphatic heterocycles. The second-order valence-corrected chi connectivity index (χ2v) is 1.92. The van der Waals surface area contributed by atoms with Crippen LogP contribution in [0, 0.1) is 0 Å². The van der Waals surface area contributed by atoms with Crippen molar-refractivity contribution in [3.63, 3.8) is 0 Å². The first-order chi connectivity index (χ1) is 4.18. The largest absolute Gasteiger partial charge is 0.398 e. The molecule has 0 rings (SSSR count). The van der Waals surface area contributed by atoms with Crippen LogP contribution in [0.2, 0.25) is 0 Å². The maximum Gasteiger partial charge on any atom is 0.0496 e. The van der Waals surface area contributed by atoms with E-state index < -0.39 is 0 Å². The molecule has 0 spiro atoms. The Morgan fingerprint density at radius 3 is 2.44 bits per heavy atom. The van der Waals surface area contributed by atoms with Crippen LogP contribution in [0.15, 0.2) is 29.0 Å². The molecular formula is C7H12N2. The minimum atomic E-state index is 0.704. The van der Waals surface area contributed by atoms with Gasteiger partial charge in [0.15, 0.2) is 0 Å². The molecular weight excluding hydrogens is 112 g/mol. The summed E-state index contributed by atoms with van der Waals surface area (Å²) in [6.07, 6.45) is 3.04. The normalized spacial score (nSPS) is 9.56. The zero-order valence-electron chi connectivity index (χ0n) is 5.89. The number of hydrogen-bond donors (Lipinski definition) is 1. The fraction of sp³-hybridized carbons (Fsp3) is 0.286. The first kappa shape index (κ1) is 7.95. The smallest absolute Gasteiger partial charge is 0.0496 e. The van der Waals surface area contributed by atoms with Crippen LogP contribution in [0.25, 0.3) is 0 Å². The number of nitrogens with zero attached hydrogens (tertiary/aromatic N) is 1. The van der Waals surface area contributed by atoms with E-state index in [0.29, 0.717) is 5.70 Å². The van der Waals surface area contributed by atoms with Crippen LogP contribution in [0.5, 0.6) is 0 Å². The lowest BCUT2D eigenvalue weighted by atomic mass is 10.3. The Balaban J connectivity index is 4.06. The zero-order chi connectivity index (χ0) is 7.28. The Morgan fingerprint density at radius 1 is 1.56 bits per heavy atom. The highest BCUT2D eigenvalue weighted by Crippen LogP contribution is 1.91. The molecule has 0 fully saturated rings. The summed E-state index contributed by atoms with van der Waals surface area (Å²) in [4.78, 5) is 3.75. The van der Waals surface area contributed by atoms with E-state index >= 15 is 0 Å². The van der Waals surface area contributed by atoms with Gasteiger partial charge in [-0.2, -0.15) is 0 Å². The fourth-order valence-corrected chi connectivity index (χ4v) is 0.262. The molecule has 0 atom stereocenters. The Kier molecular flexibility index (Phi) is 3.44. The van der Waals surface area contributed by atoms with Crippen molar-refractivity contribution in [3.05, 3.63) is 24.0 Å². The van der Waals surface area contributed by atoms with E-state index in [1.807, 2.05) is 13.8 Å². The van der Waals surface area contributed by atoms with E-state index in [1.165, 1.54) is 6.20 Å². The molecule has 0 aromatic rings. The van der Waals surface area contributed by atoms with Gasteiger partial charge in [0.1, 0.15) is 0 Å². The van der Waals surface area contributed by atoms with Crippen LogP contribution in [0.3, 0.4) is 0 Å². The van der Waals surface area contributed by atoms with Crippen molar-refractivity contribution < 1.29 is 0 Å². The van der Waals surface area contributed by atoms with E-state index in [2.05, 4.69) is 11.6 Å². The second-order valence-electron chi connectivity index (χ2n) is 1.92. The third-order valence-corrected chi connectivity index (χ3v) is 0.896. The van der Waals surface area contributed by atoms with Crippen molar-refractivity contribution in [1.82, 2.24) is 0 Å². The minimum Gasteiger partial charge on any atom is -0.398 e. The molecule has 0 aliphatic carbocycles. The highest BCUT2D eigenvalue weighted by atomic mass is 14.7. The number of hydrogen-bond acceptors (Lipinski definition) is 2. The van der Waals surface area contributed by atoms with Gasteiger partial charge >= 0.3 is 0 Å². The summed E-state index contributed by atoms with van der Waals surface area (Å²) >= 11 is 0. The van der Waals surface area contributed by atoms with Gasteiger partial charge in [-0.3, -0.25) is 4.99 Å². The van der Waals surface area contributed by atoms with Crippen LogP contribution in [-0.4, -0.2) is 6.21 Å². The topological polar surface area (TPSA) is 38.4 Å². The lowest BCUT2D eigenvalue weighted by molar-refractivity contribution is 1.29. The number of nitrogens with two attached hydrogens (primary N) is 1. The van der Waals surface area contributed by atoms with E-state index in [1.54, 1.807) is 6.21 Å². The van der Waals surface area contributed by atoms with Crippen molar-refractivity contribution in [2.24, 2.45) is 10.7 Å². The molecule has 2 heteroatoms. The Hall–Kier alpha value is -1.05. The van der Waals surface area contributed by atoms with Gasteiger partial charge < -0.3 is 5.73 Å². The van der Waals surface area contributed by atoms with Crippen LogP contribution >= 0.6 is 0 Å². The van der Waals surface area contributed by atoms with E-state index in [-0.39, 0.29) is 0 Å². The molecule has 0 aliphatic rings. The molecule has 50 valence electrons. The summed E-state index contributed by atoms with van der Waals surface area (Å²) < 4.78 is 0. The first-order valence-corrected chi connectivity index (χ1v) is 2.75. The Morgan fingerprint density at radius 2 is 2.11 bits per heavy atom. The van der Waals surface area contributed by atoms with Gasteiger partial charge in [-0.25, -0.2) is 0 Å². The van der Waals surface area contributed by atoms with Gasteiger partial charge in [-0.15, -0.1) is 0 Å². The number of allylic oxidation sites excluding steroid dienone is 2. The van der Waals surface area contributed by atoms with Gasteiger partial charge in [-0.05, 0) is 13.8 Å². The second kappa shape index (κ2) is 3.89. The zero-order valence-corrected chi connectivity index (χ0v) is 5.89. The number of aliphatic imine (C=N–C) groups is 1. The van der Waals surface area contributed by atoms with Crippen LogP contribution in [0.4, 0.5) is 0 Å². The van der Waals surface area contributed by atoms with Crippen molar-refractivity contribution in [1.29, 1.82) is 0 Å². The maximum absolute atomic E-state index is 5.49. The predicted molar refractivity (Wildman–Crippen MR) is 41.3 cm³/mol. The quantitative estimate of drug-likeness (QED) is 0.556. The van der Waals surface area contributed by atoms with Crippen LogP contribution in [-0.2, 0) is 0 Å². The van der Waals surface area contributed by atoms with E-state index in [0.717, 1.165) is 5.57 Å². The first-order valence-electron chi connectivity index (χ1n) is 2.75. The van der Waals surface area contributed by atoms with E-state index in [4.69, 9.17) is 5.73 Å². The molecule has 0 amide bonds. The monoisotopic (exact) mass is 124 g/mol. The van der Waals surface area contributed by atoms with Crippen molar-refractivity contribution >= 4 is 6.21 Å². The molecule has 0 aromatic heterocycles. The van der Waals surface area contributed by atoms with Crippen LogP contribution in [0.1, 0.15) is 13.8 Å². The molecule has 2 N–H and O–H groups in total. The highest BCUT2D eigenvalue weighted by molar-refractivity contribution is 5.78. The maximum atomic E-state index is 5.49. The molecule has 2 nitrogen and oxygen atoms in total. The summed E-state index contributed by atoms with van der Waals surface area (Å²) in [6, 6.07) is 0. The summed E-state index contributed by atoms with van der Waals surface area (Å²) in [5.74, 6) is 0. The van der Waals surface area contributed by atoms with Crippen molar-refractivity contribution in [2.75, 3.05) is 0 Å². The average Bonchev–Trinajstić information content (AvgIpc) is 1.82. The molecule has 9 heavy (non-hydrogen) atoms.